The van der Waals surface area contributed by atoms with Crippen molar-refractivity contribution >= 4 is 35.4 Å². The van der Waals surface area contributed by atoms with Crippen LogP contribution in [0.25, 0.3) is 0 Å². The number of ether oxygens (including phenoxy) is 2. The molecule has 1 fully saturated rings. The van der Waals surface area contributed by atoms with Crippen LogP contribution >= 0.6 is 11.8 Å². The van der Waals surface area contributed by atoms with Gasteiger partial charge in [0, 0.05) is 31.2 Å². The van der Waals surface area contributed by atoms with Gasteiger partial charge in [0.25, 0.3) is 11.5 Å². The van der Waals surface area contributed by atoms with Crippen LogP contribution in [0.4, 0.5) is 5.69 Å². The lowest BCUT2D eigenvalue weighted by molar-refractivity contribution is -0.384. The highest BCUT2D eigenvalue weighted by Gasteiger charge is 2.49. The minimum Gasteiger partial charge on any atom is -0.480 e. The summed E-state index contributed by atoms with van der Waals surface area (Å²) in [5.41, 5.74) is 6.82. The number of rotatable bonds is 10. The molecule has 2 aromatic rings. The van der Waals surface area contributed by atoms with E-state index in [-0.39, 0.29) is 17.9 Å². The van der Waals surface area contributed by atoms with Crippen LogP contribution < -0.4 is 5.73 Å². The predicted octanol–water partition coefficient (Wildman–Crippen LogP) is 2.85. The molecule has 2 aromatic carbocycles. The molecule has 10 nitrogen and oxygen atoms in total. The summed E-state index contributed by atoms with van der Waals surface area (Å²) in [5.74, 6) is -5.82. The van der Waals surface area contributed by atoms with Crippen molar-refractivity contribution in [2.45, 2.75) is 36.8 Å². The number of aryl methyl sites for hydroxylation is 1. The summed E-state index contributed by atoms with van der Waals surface area (Å²) in [6.07, 6.45) is 0.761. The van der Waals surface area contributed by atoms with Gasteiger partial charge in [0.2, 0.25) is 0 Å². The van der Waals surface area contributed by atoms with Gasteiger partial charge in [-0.3, -0.25) is 24.5 Å². The first-order valence-electron chi connectivity index (χ1n) is 10.4. The number of aliphatic carboxylic acids is 1. The lowest BCUT2D eigenvalue weighted by Crippen LogP contribution is -2.50. The number of nitro benzene ring substituents is 1. The molecule has 0 amide bonds. The minimum absolute atomic E-state index is 0.112. The van der Waals surface area contributed by atoms with E-state index in [4.69, 9.17) is 20.3 Å². The van der Waals surface area contributed by atoms with Gasteiger partial charge >= 0.3 is 17.9 Å². The van der Waals surface area contributed by atoms with Gasteiger partial charge in [0.15, 0.2) is 5.92 Å². The highest BCUT2D eigenvalue weighted by molar-refractivity contribution is 7.99. The number of non-ortho nitro benzene ring substituents is 1. The topological polar surface area (TPSA) is 159 Å². The zero-order chi connectivity index (χ0) is 24.9. The summed E-state index contributed by atoms with van der Waals surface area (Å²) in [4.78, 5) is 47.6. The third-order valence-electron chi connectivity index (χ3n) is 5.36. The van der Waals surface area contributed by atoms with Crippen LogP contribution in [0.15, 0.2) is 54.6 Å². The number of nitrogens with two attached hydrogens (primary N) is 1. The Labute approximate surface area is 199 Å². The minimum atomic E-state index is -1.46. The molecule has 3 N–H and O–H groups in total. The number of carboxylic acids is 1. The Morgan fingerprint density at radius 1 is 1.15 bits per heavy atom. The number of hydrogen-bond donors (Lipinski definition) is 2. The second-order valence-corrected chi connectivity index (χ2v) is 9.16. The molecule has 1 aliphatic heterocycles. The maximum absolute atomic E-state index is 13.0. The Hall–Kier alpha value is -3.44. The van der Waals surface area contributed by atoms with Crippen molar-refractivity contribution in [2.24, 2.45) is 11.7 Å². The smallest absolute Gasteiger partial charge is 0.325 e. The van der Waals surface area contributed by atoms with Crippen molar-refractivity contribution in [1.82, 2.24) is 0 Å². The fourth-order valence-electron chi connectivity index (χ4n) is 3.48. The Bertz CT molecular complexity index is 1040. The number of cyclic esters (lactones) is 2. The van der Waals surface area contributed by atoms with Crippen molar-refractivity contribution < 1.29 is 33.9 Å². The number of nitrogens with zero attached hydrogens (tertiary/aromatic N) is 1. The molecule has 1 unspecified atom stereocenters. The summed E-state index contributed by atoms with van der Waals surface area (Å²) in [5, 5.41) is 19.2. The molecule has 34 heavy (non-hydrogen) atoms. The van der Waals surface area contributed by atoms with Crippen molar-refractivity contribution in [3.05, 3.63) is 75.8 Å². The summed E-state index contributed by atoms with van der Waals surface area (Å²) < 4.78 is 11.1. The standard InChI is InChI=1S/C23H24N2O8S/c1-23(12-11-14-5-3-2-4-6-14)32-21(28)18(22(29)33-23)19(34-13-17(24)20(26)27)15-7-9-16(10-8-15)25(30)31/h2-10,17-19H,11-13,24H2,1H3,(H,26,27)/t17-,18?,19?,23?/m0/s1. The van der Waals surface area contributed by atoms with E-state index in [0.29, 0.717) is 12.0 Å². The average Bonchev–Trinajstić information content (AvgIpc) is 2.80. The molecule has 3 rings (SSSR count). The first kappa shape index (κ1) is 25.2. The maximum atomic E-state index is 13.0. The number of carboxylic acid groups (broad SMARTS) is 1. The number of benzene rings is 2. The van der Waals surface area contributed by atoms with E-state index in [9.17, 15) is 24.5 Å². The van der Waals surface area contributed by atoms with Gasteiger partial charge in [-0.15, -0.1) is 0 Å². The SMILES string of the molecule is CC1(CCc2ccccc2)OC(=O)C(C(SC[C@H](N)C(=O)O)c2ccc([N+](=O)[O-])cc2)C(=O)O1. The van der Waals surface area contributed by atoms with Crippen LogP contribution in [0.1, 0.15) is 29.7 Å². The summed E-state index contributed by atoms with van der Waals surface area (Å²) in [7, 11) is 0. The fraction of sp³-hybridized carbons (Fsp3) is 0.348. The molecule has 0 aliphatic carbocycles. The highest BCUT2D eigenvalue weighted by atomic mass is 32.2. The largest absolute Gasteiger partial charge is 0.480 e. The predicted molar refractivity (Wildman–Crippen MR) is 123 cm³/mol. The molecular formula is C23H24N2O8S. The van der Waals surface area contributed by atoms with Gasteiger partial charge in [0.1, 0.15) is 6.04 Å². The van der Waals surface area contributed by atoms with Crippen LogP contribution in [0.3, 0.4) is 0 Å². The van der Waals surface area contributed by atoms with Crippen molar-refractivity contribution in [3.63, 3.8) is 0 Å². The first-order valence-corrected chi connectivity index (χ1v) is 11.5. The van der Waals surface area contributed by atoms with E-state index >= 15 is 0 Å². The molecule has 11 heteroatoms. The Morgan fingerprint density at radius 3 is 2.26 bits per heavy atom. The van der Waals surface area contributed by atoms with Gasteiger partial charge in [-0.05, 0) is 17.5 Å². The highest BCUT2D eigenvalue weighted by Crippen LogP contribution is 2.42. The van der Waals surface area contributed by atoms with Crippen molar-refractivity contribution in [1.29, 1.82) is 0 Å². The molecule has 0 radical (unpaired) electrons. The Kier molecular flexibility index (Phi) is 7.90. The molecule has 0 saturated carbocycles. The quantitative estimate of drug-likeness (QED) is 0.220. The van der Waals surface area contributed by atoms with E-state index in [1.807, 2.05) is 30.3 Å². The lowest BCUT2D eigenvalue weighted by atomic mass is 9.96. The van der Waals surface area contributed by atoms with Crippen LogP contribution in [0.2, 0.25) is 0 Å². The van der Waals surface area contributed by atoms with Crippen molar-refractivity contribution in [2.75, 3.05) is 5.75 Å². The number of hydrogen-bond acceptors (Lipinski definition) is 9. The molecule has 1 aliphatic rings. The van der Waals surface area contributed by atoms with Crippen LogP contribution in [0, 0.1) is 16.0 Å². The normalized spacial score (nSPS) is 21.8. The molecule has 1 heterocycles. The van der Waals surface area contributed by atoms with E-state index in [0.717, 1.165) is 17.3 Å². The number of nitro groups is 1. The lowest BCUT2D eigenvalue weighted by Gasteiger charge is -2.38. The van der Waals surface area contributed by atoms with E-state index in [1.54, 1.807) is 0 Å². The molecule has 2 atom stereocenters. The number of thioether (sulfide) groups is 1. The van der Waals surface area contributed by atoms with Crippen molar-refractivity contribution in [3.8, 4) is 0 Å². The summed E-state index contributed by atoms with van der Waals surface area (Å²) >= 11 is 0.972. The third kappa shape index (κ3) is 6.12. The molecule has 1 saturated heterocycles. The molecular weight excluding hydrogens is 464 g/mol. The second kappa shape index (κ2) is 10.7. The van der Waals surface area contributed by atoms with Crippen LogP contribution in [0.5, 0.6) is 0 Å². The van der Waals surface area contributed by atoms with E-state index in [2.05, 4.69) is 0 Å². The van der Waals surface area contributed by atoms with Gasteiger partial charge in [-0.2, -0.15) is 11.8 Å². The zero-order valence-corrected chi connectivity index (χ0v) is 19.1. The number of esters is 2. The number of carbonyl (C=O) groups is 3. The average molecular weight is 489 g/mol. The summed E-state index contributed by atoms with van der Waals surface area (Å²) in [6.45, 7) is 1.51. The molecule has 0 spiro atoms. The fourth-order valence-corrected chi connectivity index (χ4v) is 4.81. The van der Waals surface area contributed by atoms with Gasteiger partial charge in [-0.1, -0.05) is 42.5 Å². The maximum Gasteiger partial charge on any atom is 0.325 e. The molecule has 0 bridgehead atoms. The van der Waals surface area contributed by atoms with E-state index in [1.165, 1.54) is 31.2 Å². The van der Waals surface area contributed by atoms with Gasteiger partial charge in [0.05, 0.1) is 10.2 Å². The van der Waals surface area contributed by atoms with Gasteiger partial charge in [-0.25, -0.2) is 0 Å². The Balaban J connectivity index is 1.80. The summed E-state index contributed by atoms with van der Waals surface area (Å²) in [6, 6.07) is 13.5. The van der Waals surface area contributed by atoms with Gasteiger partial charge < -0.3 is 20.3 Å². The first-order chi connectivity index (χ1) is 16.1. The molecule has 180 valence electrons. The number of carbonyl (C=O) groups excluding carboxylic acids is 2. The zero-order valence-electron chi connectivity index (χ0n) is 18.3. The monoisotopic (exact) mass is 488 g/mol. The molecule has 0 aromatic heterocycles. The second-order valence-electron chi connectivity index (χ2n) is 7.99. The Morgan fingerprint density at radius 2 is 1.74 bits per heavy atom. The van der Waals surface area contributed by atoms with E-state index < -0.39 is 45.8 Å². The van der Waals surface area contributed by atoms with Crippen LogP contribution in [-0.4, -0.2) is 45.5 Å². The third-order valence-corrected chi connectivity index (χ3v) is 6.81. The van der Waals surface area contributed by atoms with Crippen LogP contribution in [-0.2, 0) is 30.3 Å².